The fourth-order valence-corrected chi connectivity index (χ4v) is 15.1. The van der Waals surface area contributed by atoms with E-state index in [2.05, 4.69) is 10.6 Å². The van der Waals surface area contributed by atoms with Gasteiger partial charge in [-0.1, -0.05) is 49.4 Å². The first-order chi connectivity index (χ1) is 38.6. The minimum Gasteiger partial charge on any atom is -0.494 e. The van der Waals surface area contributed by atoms with Gasteiger partial charge in [-0.2, -0.15) is 0 Å². The molecule has 0 aliphatic carbocycles. The molecule has 1 saturated heterocycles. The highest BCUT2D eigenvalue weighted by molar-refractivity contribution is 6.71. The summed E-state index contributed by atoms with van der Waals surface area (Å²) in [5.41, 5.74) is 4.58. The van der Waals surface area contributed by atoms with Crippen LogP contribution in [0.2, 0.25) is 18.6 Å². The van der Waals surface area contributed by atoms with Crippen LogP contribution in [0.1, 0.15) is 80.7 Å². The van der Waals surface area contributed by atoms with Gasteiger partial charge >= 0.3 is 0 Å². The minimum absolute atomic E-state index is 0.0418. The Morgan fingerprint density at radius 3 is 1.81 bits per heavy atom. The standard InChI is InChI=1S/C62H78N6O11Si/c1-6-77-48-21-24-53-44(33-48)35-51(63-26-11-13-29-69)59(73)67(53)46-19-15-18-43(32-46)40-66-55-23-20-47(68-54-25-22-49(78-7-2)34-45(54)36-52(60(68)74)64-27-12-14-30-70)37-50(55)62(61(66)75)41(3)58(80(4,5)76)56(79-62)38-57(72)65(28-31-71)39-42-16-9-8-10-17-42/h8-10,15-25,32-34,37,41,51-52,56,58,63-64,69-71,76H,6-7,11-14,26-31,35-36,38-40H2,1-5H3/t41-,51?,52?,56+,58-,62+/m0/s1. The van der Waals surface area contributed by atoms with Crippen molar-refractivity contribution in [1.29, 1.82) is 0 Å². The number of benzene rings is 5. The van der Waals surface area contributed by atoms with E-state index < -0.39 is 43.6 Å². The lowest BCUT2D eigenvalue weighted by Gasteiger charge is -2.36. The number of rotatable bonds is 25. The lowest BCUT2D eigenvalue weighted by atomic mass is 9.82. The number of carbonyl (C=O) groups is 4. The second kappa shape index (κ2) is 25.5. The molecular weight excluding hydrogens is 1030 g/mol. The molecule has 6 N–H and O–H groups in total. The number of unbranched alkanes of at least 4 members (excludes halogenated alkanes) is 2. The number of aliphatic hydroxyl groups excluding tert-OH is 3. The van der Waals surface area contributed by atoms with E-state index in [1.54, 1.807) is 19.6 Å². The van der Waals surface area contributed by atoms with Crippen molar-refractivity contribution in [3.05, 3.63) is 137 Å². The molecule has 1 spiro atoms. The van der Waals surface area contributed by atoms with Crippen molar-refractivity contribution in [3.63, 3.8) is 0 Å². The van der Waals surface area contributed by atoms with Crippen molar-refractivity contribution in [2.24, 2.45) is 5.92 Å². The average Bonchev–Trinajstić information content (AvgIpc) is 3.76. The summed E-state index contributed by atoms with van der Waals surface area (Å²) in [5, 5.41) is 36.1. The van der Waals surface area contributed by atoms with Crippen molar-refractivity contribution in [2.75, 3.05) is 67.4 Å². The quantitative estimate of drug-likeness (QED) is 0.0254. The van der Waals surface area contributed by atoms with E-state index in [1.165, 1.54) is 0 Å². The molecule has 6 atom stereocenters. The van der Waals surface area contributed by atoms with Gasteiger partial charge < -0.3 is 54.8 Å². The Hall–Kier alpha value is -6.48. The molecule has 17 nitrogen and oxygen atoms in total. The third kappa shape index (κ3) is 11.9. The van der Waals surface area contributed by atoms with Gasteiger partial charge in [-0.25, -0.2) is 0 Å². The Bertz CT molecular complexity index is 3010. The molecule has 5 aromatic rings. The summed E-state index contributed by atoms with van der Waals surface area (Å²) >= 11 is 0. The summed E-state index contributed by atoms with van der Waals surface area (Å²) in [5.74, 6) is -0.317. The minimum atomic E-state index is -3.30. The van der Waals surface area contributed by atoms with Crippen LogP contribution in [0.15, 0.2) is 109 Å². The molecule has 0 bridgehead atoms. The van der Waals surface area contributed by atoms with Gasteiger partial charge in [-0.15, -0.1) is 0 Å². The van der Waals surface area contributed by atoms with Crippen molar-refractivity contribution >= 4 is 60.4 Å². The first kappa shape index (κ1) is 58.2. The second-order valence-corrected chi connectivity index (χ2v) is 25.9. The average molecular weight is 1110 g/mol. The third-order valence-corrected chi connectivity index (χ3v) is 18.6. The molecule has 4 aliphatic heterocycles. The lowest BCUT2D eigenvalue weighted by Crippen LogP contribution is -2.49. The predicted molar refractivity (Wildman–Crippen MR) is 310 cm³/mol. The van der Waals surface area contributed by atoms with Crippen LogP contribution in [0, 0.1) is 5.92 Å². The number of anilines is 5. The molecule has 426 valence electrons. The number of amides is 4. The van der Waals surface area contributed by atoms with E-state index in [0.717, 1.165) is 22.4 Å². The van der Waals surface area contributed by atoms with Crippen LogP contribution in [-0.4, -0.2) is 128 Å². The van der Waals surface area contributed by atoms with E-state index in [1.807, 2.05) is 143 Å². The fraction of sp³-hybridized carbons (Fsp3) is 0.452. The Morgan fingerprint density at radius 1 is 0.700 bits per heavy atom. The van der Waals surface area contributed by atoms with E-state index in [0.29, 0.717) is 110 Å². The first-order valence-electron chi connectivity index (χ1n) is 28.4. The zero-order chi connectivity index (χ0) is 56.7. The summed E-state index contributed by atoms with van der Waals surface area (Å²) in [6.45, 7) is 11.6. The summed E-state index contributed by atoms with van der Waals surface area (Å²) < 4.78 is 19.1. The van der Waals surface area contributed by atoms with E-state index >= 15 is 4.79 Å². The fourth-order valence-electron chi connectivity index (χ4n) is 12.5. The van der Waals surface area contributed by atoms with Crippen LogP contribution in [0.3, 0.4) is 0 Å². The Balaban J connectivity index is 1.13. The number of ether oxygens (including phenoxy) is 3. The first-order valence-corrected chi connectivity index (χ1v) is 31.4. The maximum Gasteiger partial charge on any atom is 0.264 e. The van der Waals surface area contributed by atoms with Gasteiger partial charge in [0, 0.05) is 54.7 Å². The van der Waals surface area contributed by atoms with Crippen LogP contribution < -0.4 is 34.8 Å². The maximum absolute atomic E-state index is 16.1. The summed E-state index contributed by atoms with van der Waals surface area (Å²) in [6.07, 6.45) is 2.34. The third-order valence-electron chi connectivity index (χ3n) is 16.1. The molecule has 2 unspecified atom stereocenters. The van der Waals surface area contributed by atoms with Gasteiger partial charge in [0.1, 0.15) is 11.5 Å². The van der Waals surface area contributed by atoms with E-state index in [-0.39, 0.29) is 69.5 Å². The molecule has 1 fully saturated rings. The number of aliphatic hydroxyl groups is 3. The van der Waals surface area contributed by atoms with Crippen molar-refractivity contribution in [1.82, 2.24) is 15.5 Å². The van der Waals surface area contributed by atoms with Crippen LogP contribution in [0.25, 0.3) is 0 Å². The van der Waals surface area contributed by atoms with Crippen molar-refractivity contribution in [3.8, 4) is 11.5 Å². The molecule has 80 heavy (non-hydrogen) atoms. The Kier molecular flexibility index (Phi) is 18.6. The highest BCUT2D eigenvalue weighted by atomic mass is 28.4. The normalized spacial score (nSPS) is 21.5. The highest BCUT2D eigenvalue weighted by Crippen LogP contribution is 2.61. The zero-order valence-corrected chi connectivity index (χ0v) is 47.7. The summed E-state index contributed by atoms with van der Waals surface area (Å²) in [4.78, 5) is 79.3. The van der Waals surface area contributed by atoms with Crippen LogP contribution in [0.5, 0.6) is 11.5 Å². The molecule has 5 aromatic carbocycles. The number of hydrogen-bond acceptors (Lipinski definition) is 13. The molecule has 18 heteroatoms. The van der Waals surface area contributed by atoms with E-state index in [9.17, 15) is 34.5 Å². The molecule has 4 amide bonds. The Morgan fingerprint density at radius 2 is 1.26 bits per heavy atom. The predicted octanol–water partition coefficient (Wildman–Crippen LogP) is 7.14. The maximum atomic E-state index is 16.1. The number of fused-ring (bicyclic) bond motifs is 4. The molecule has 4 heterocycles. The topological polar surface area (TPSA) is 214 Å². The monoisotopic (exact) mass is 1110 g/mol. The Labute approximate surface area is 470 Å². The van der Waals surface area contributed by atoms with Gasteiger partial charge in [0.15, 0.2) is 13.9 Å². The van der Waals surface area contributed by atoms with Crippen LogP contribution >= 0.6 is 0 Å². The molecule has 0 aromatic heterocycles. The van der Waals surface area contributed by atoms with Gasteiger partial charge in [0.05, 0.1) is 68.0 Å². The summed E-state index contributed by atoms with van der Waals surface area (Å²) in [7, 11) is -3.30. The largest absolute Gasteiger partial charge is 0.494 e. The number of carbonyl (C=O) groups excluding carboxylic acids is 4. The number of nitrogens with one attached hydrogen (secondary N) is 2. The molecule has 4 aliphatic rings. The van der Waals surface area contributed by atoms with Crippen LogP contribution in [0.4, 0.5) is 28.4 Å². The van der Waals surface area contributed by atoms with Crippen LogP contribution in [-0.2, 0) is 55.4 Å². The number of hydrogen-bond donors (Lipinski definition) is 6. The number of nitrogens with zero attached hydrogens (tertiary/aromatic N) is 4. The van der Waals surface area contributed by atoms with Crippen molar-refractivity contribution in [2.45, 2.75) is 121 Å². The second-order valence-electron chi connectivity index (χ2n) is 21.9. The van der Waals surface area contributed by atoms with Gasteiger partial charge in [0.2, 0.25) is 17.7 Å². The zero-order valence-electron chi connectivity index (χ0n) is 46.7. The molecule has 0 radical (unpaired) electrons. The molecular formula is C62H78N6O11Si. The molecule has 9 rings (SSSR count). The summed E-state index contributed by atoms with van der Waals surface area (Å²) in [6, 6.07) is 32.9. The van der Waals surface area contributed by atoms with Crippen molar-refractivity contribution < 1.29 is 53.5 Å². The smallest absolute Gasteiger partial charge is 0.264 e. The molecule has 0 saturated carbocycles. The van der Waals surface area contributed by atoms with Gasteiger partial charge in [-0.3, -0.25) is 29.0 Å². The highest BCUT2D eigenvalue weighted by Gasteiger charge is 2.66. The van der Waals surface area contributed by atoms with E-state index in [4.69, 9.17) is 14.2 Å². The SMILES string of the molecule is CCOc1ccc2c(c1)CC(NCCCCO)C(=O)N2c1cccc(CN2C(=O)[C@]3(O[C@H](CC(=O)N(CCO)Cc4ccccc4)[C@@H]([Si](C)(C)O)[C@@H]3C)c3cc(N4C(=O)C(NCCCCO)Cc5cc(OCC)ccc54)ccc32)c1. The lowest BCUT2D eigenvalue weighted by molar-refractivity contribution is -0.150. The van der Waals surface area contributed by atoms with Gasteiger partial charge in [-0.05, 0) is 168 Å². The van der Waals surface area contributed by atoms with Gasteiger partial charge in [0.25, 0.3) is 5.91 Å².